The van der Waals surface area contributed by atoms with Crippen molar-refractivity contribution in [3.05, 3.63) is 52.8 Å². The molecule has 0 atom stereocenters. The number of aromatic nitrogens is 3. The van der Waals surface area contributed by atoms with Crippen LogP contribution in [0.4, 0.5) is 19.1 Å². The first-order chi connectivity index (χ1) is 18.7. The summed E-state index contributed by atoms with van der Waals surface area (Å²) in [6.07, 6.45) is 0.434. The molecule has 0 bridgehead atoms. The Morgan fingerprint density at radius 2 is 1.79 bits per heavy atom. The van der Waals surface area contributed by atoms with Crippen molar-refractivity contribution in [3.8, 4) is 11.3 Å². The second kappa shape index (κ2) is 17.4. The van der Waals surface area contributed by atoms with Crippen molar-refractivity contribution >= 4 is 29.6 Å². The van der Waals surface area contributed by atoms with Crippen molar-refractivity contribution in [1.29, 1.82) is 0 Å². The van der Waals surface area contributed by atoms with Gasteiger partial charge in [0.25, 0.3) is 6.47 Å². The Balaban J connectivity index is 0.000000975. The molecule has 39 heavy (non-hydrogen) atoms. The quantitative estimate of drug-likeness (QED) is 0.279. The monoisotopic (exact) mass is 570 g/mol. The molecule has 1 saturated heterocycles. The van der Waals surface area contributed by atoms with Crippen LogP contribution in [0.25, 0.3) is 16.8 Å². The maximum Gasteiger partial charge on any atom is 0.416 e. The van der Waals surface area contributed by atoms with E-state index < -0.39 is 11.7 Å². The van der Waals surface area contributed by atoms with Gasteiger partial charge in [0.1, 0.15) is 17.5 Å². The van der Waals surface area contributed by atoms with Crippen LogP contribution in [0, 0.1) is 0 Å². The molecule has 3 rings (SSSR count). The highest BCUT2D eigenvalue weighted by atomic mass is 35.5. The van der Waals surface area contributed by atoms with Gasteiger partial charge in [0.15, 0.2) is 0 Å². The van der Waals surface area contributed by atoms with Crippen LogP contribution in [0.15, 0.2) is 41.6 Å². The predicted molar refractivity (Wildman–Crippen MR) is 150 cm³/mol. The molecule has 2 N–H and O–H groups in total. The lowest BCUT2D eigenvalue weighted by Crippen LogP contribution is -2.53. The van der Waals surface area contributed by atoms with Crippen molar-refractivity contribution in [2.45, 2.75) is 52.8 Å². The van der Waals surface area contributed by atoms with Gasteiger partial charge in [-0.15, -0.1) is 10.2 Å². The van der Waals surface area contributed by atoms with E-state index in [1.54, 1.807) is 24.2 Å². The molecule has 12 heteroatoms. The van der Waals surface area contributed by atoms with Gasteiger partial charge in [-0.25, -0.2) is 4.98 Å². The maximum absolute atomic E-state index is 13.0. The highest BCUT2D eigenvalue weighted by molar-refractivity contribution is 6.33. The normalized spacial score (nSPS) is 13.8. The first-order valence-corrected chi connectivity index (χ1v) is 13.2. The summed E-state index contributed by atoms with van der Waals surface area (Å²) in [5, 5.41) is 14.8. The molecule has 216 valence electrons. The fourth-order valence-corrected chi connectivity index (χ4v) is 3.47. The van der Waals surface area contributed by atoms with Gasteiger partial charge in [-0.2, -0.15) is 13.2 Å². The molecule has 2 aromatic rings. The number of allylic oxidation sites excluding steroid dienone is 3. The number of carbonyl (C=O) groups excluding carboxylic acids is 1. The van der Waals surface area contributed by atoms with E-state index in [2.05, 4.69) is 32.7 Å². The van der Waals surface area contributed by atoms with E-state index in [1.165, 1.54) is 18.6 Å². The average Bonchev–Trinajstić information content (AvgIpc) is 2.92. The Morgan fingerprint density at radius 1 is 1.15 bits per heavy atom. The van der Waals surface area contributed by atoms with E-state index >= 15 is 0 Å². The largest absolute Gasteiger partial charge is 0.461 e. The number of halogens is 4. The SMILES string of the molecule is CC.CC/C(Cl)=C(\C=C/NC)c1nc(N2CC(OC=O)C2)nnc1-c1ccc(C(F)(F)F)cc1.CCCNC. The van der Waals surface area contributed by atoms with Crippen LogP contribution in [-0.2, 0) is 15.7 Å². The zero-order valence-corrected chi connectivity index (χ0v) is 24.0. The van der Waals surface area contributed by atoms with E-state index in [-0.39, 0.29) is 6.10 Å². The fraction of sp³-hybridized carbons (Fsp3) is 0.481. The lowest BCUT2D eigenvalue weighted by Gasteiger charge is -2.37. The molecule has 0 spiro atoms. The molecule has 1 aliphatic heterocycles. The van der Waals surface area contributed by atoms with Crippen molar-refractivity contribution in [2.75, 3.05) is 38.6 Å². The first-order valence-electron chi connectivity index (χ1n) is 12.8. The molecule has 1 aliphatic rings. The number of anilines is 1. The molecule has 1 aromatic carbocycles. The standard InChI is InChI=1S/C21H21ClF3N5O2.C4H11N.C2H6/c1-3-17(22)16(8-9-26-2)19-18(13-4-6-14(7-5-13)21(23,24)25)28-29-20(27-19)30-10-15(11-30)32-12-31;1-3-4-5-2;1-2/h4-9,12,15,26H,3,10-11H2,1-2H3;5H,3-4H2,1-2H3;1-2H3/b9-8-,17-16-;;. The molecule has 1 aromatic heterocycles. The van der Waals surface area contributed by atoms with Crippen molar-refractivity contribution in [2.24, 2.45) is 0 Å². The van der Waals surface area contributed by atoms with Gasteiger partial charge in [0.05, 0.1) is 18.7 Å². The molecule has 0 aliphatic carbocycles. The summed E-state index contributed by atoms with van der Waals surface area (Å²) >= 11 is 6.48. The smallest absolute Gasteiger partial charge is 0.416 e. The zero-order chi connectivity index (χ0) is 29.4. The third kappa shape index (κ3) is 10.1. The number of carbonyl (C=O) groups is 1. The zero-order valence-electron chi connectivity index (χ0n) is 23.3. The van der Waals surface area contributed by atoms with Gasteiger partial charge in [0, 0.05) is 23.2 Å². The van der Waals surface area contributed by atoms with Crippen LogP contribution in [0.2, 0.25) is 0 Å². The van der Waals surface area contributed by atoms with Crippen LogP contribution in [0.5, 0.6) is 0 Å². The summed E-state index contributed by atoms with van der Waals surface area (Å²) in [4.78, 5) is 16.9. The molecule has 1 fully saturated rings. The Hall–Kier alpha value is -3.18. The van der Waals surface area contributed by atoms with Gasteiger partial charge < -0.3 is 20.3 Å². The molecule has 0 amide bonds. The molecule has 0 unspecified atom stereocenters. The maximum atomic E-state index is 13.0. The van der Waals surface area contributed by atoms with Gasteiger partial charge in [-0.3, -0.25) is 4.79 Å². The van der Waals surface area contributed by atoms with Crippen LogP contribution in [0.1, 0.15) is 51.8 Å². The minimum atomic E-state index is -4.45. The van der Waals surface area contributed by atoms with Gasteiger partial charge in [-0.1, -0.05) is 51.4 Å². The Labute approximate surface area is 233 Å². The topological polar surface area (TPSA) is 92.3 Å². The highest BCUT2D eigenvalue weighted by Crippen LogP contribution is 2.34. The second-order valence-corrected chi connectivity index (χ2v) is 8.50. The van der Waals surface area contributed by atoms with Gasteiger partial charge in [-0.05, 0) is 50.8 Å². The van der Waals surface area contributed by atoms with E-state index in [1.807, 2.05) is 27.8 Å². The van der Waals surface area contributed by atoms with E-state index in [4.69, 9.17) is 16.3 Å². The van der Waals surface area contributed by atoms with Crippen LogP contribution in [0.3, 0.4) is 0 Å². The number of nitrogens with one attached hydrogen (secondary N) is 2. The van der Waals surface area contributed by atoms with Crippen molar-refractivity contribution in [3.63, 3.8) is 0 Å². The Morgan fingerprint density at radius 3 is 2.26 bits per heavy atom. The van der Waals surface area contributed by atoms with Crippen LogP contribution < -0.4 is 15.5 Å². The summed E-state index contributed by atoms with van der Waals surface area (Å²) in [6, 6.07) is 4.63. The second-order valence-electron chi connectivity index (χ2n) is 8.04. The number of alkyl halides is 3. The number of ether oxygens (including phenoxy) is 1. The molecule has 8 nitrogen and oxygen atoms in total. The average molecular weight is 571 g/mol. The summed E-state index contributed by atoms with van der Waals surface area (Å²) in [5.74, 6) is 0.303. The minimum Gasteiger partial charge on any atom is -0.461 e. The number of hydrogen-bond acceptors (Lipinski definition) is 8. The van der Waals surface area contributed by atoms with Gasteiger partial charge in [0.2, 0.25) is 5.95 Å². The van der Waals surface area contributed by atoms with E-state index in [0.29, 0.717) is 59.5 Å². The summed E-state index contributed by atoms with van der Waals surface area (Å²) in [5.41, 5.74) is 0.899. The van der Waals surface area contributed by atoms with E-state index in [9.17, 15) is 18.0 Å². The van der Waals surface area contributed by atoms with Crippen LogP contribution in [-0.4, -0.2) is 61.5 Å². The third-order valence-electron chi connectivity index (χ3n) is 5.31. The van der Waals surface area contributed by atoms with Crippen LogP contribution >= 0.6 is 11.6 Å². The minimum absolute atomic E-state index is 0.257. The molecule has 0 radical (unpaired) electrons. The Kier molecular flexibility index (Phi) is 15.1. The summed E-state index contributed by atoms with van der Waals surface area (Å²) in [7, 11) is 3.69. The highest BCUT2D eigenvalue weighted by Gasteiger charge is 2.32. The lowest BCUT2D eigenvalue weighted by atomic mass is 10.0. The molecular weight excluding hydrogens is 533 g/mol. The first kappa shape index (κ1) is 33.8. The number of rotatable bonds is 10. The third-order valence-corrected chi connectivity index (χ3v) is 5.79. The van der Waals surface area contributed by atoms with E-state index in [0.717, 1.165) is 18.7 Å². The Bertz CT molecular complexity index is 1070. The number of nitrogens with zero attached hydrogens (tertiary/aromatic N) is 4. The summed E-state index contributed by atoms with van der Waals surface area (Å²) < 4.78 is 43.8. The van der Waals surface area contributed by atoms with Gasteiger partial charge >= 0.3 is 6.18 Å². The molecular formula is C27H38ClF3N6O2. The van der Waals surface area contributed by atoms with Crippen molar-refractivity contribution in [1.82, 2.24) is 25.8 Å². The number of benzene rings is 1. The fourth-order valence-electron chi connectivity index (χ4n) is 3.32. The number of hydrogen-bond donors (Lipinski definition) is 2. The summed E-state index contributed by atoms with van der Waals surface area (Å²) in [6.45, 7) is 10.4. The lowest BCUT2D eigenvalue weighted by molar-refractivity contribution is -0.137. The molecule has 2 heterocycles. The predicted octanol–water partition coefficient (Wildman–Crippen LogP) is 5.65. The molecule has 0 saturated carbocycles. The van der Waals surface area contributed by atoms with Crippen molar-refractivity contribution < 1.29 is 22.7 Å².